The fourth-order valence-corrected chi connectivity index (χ4v) is 3.96. The van der Waals surface area contributed by atoms with Gasteiger partial charge in [0, 0.05) is 45.5 Å². The number of hydrogen-bond acceptors (Lipinski definition) is 4. The summed E-state index contributed by atoms with van der Waals surface area (Å²) in [6.45, 7) is 8.35. The number of rotatable bonds is 8. The molecule has 2 saturated heterocycles. The molecule has 2 fully saturated rings. The van der Waals surface area contributed by atoms with Gasteiger partial charge in [0.05, 0.1) is 25.4 Å². The number of likely N-dealkylation sites (N-methyl/N-ethyl adjacent to an activating group) is 1. The maximum absolute atomic E-state index is 6.15. The summed E-state index contributed by atoms with van der Waals surface area (Å²) < 4.78 is 11.9. The number of para-hydroxylation sites is 1. The number of aliphatic imine (C=N–C) groups is 1. The van der Waals surface area contributed by atoms with Crippen molar-refractivity contribution in [3.63, 3.8) is 0 Å². The maximum Gasteiger partial charge on any atom is 0.193 e. The van der Waals surface area contributed by atoms with Crippen molar-refractivity contribution in [3.05, 3.63) is 30.3 Å². The normalized spacial score (nSPS) is 20.5. The Morgan fingerprint density at radius 3 is 2.63 bits per heavy atom. The molecule has 0 amide bonds. The smallest absolute Gasteiger partial charge is 0.193 e. The van der Waals surface area contributed by atoms with Gasteiger partial charge >= 0.3 is 0 Å². The van der Waals surface area contributed by atoms with Crippen LogP contribution in [0.15, 0.2) is 35.3 Å². The second kappa shape index (κ2) is 14.1. The van der Waals surface area contributed by atoms with Crippen molar-refractivity contribution in [2.24, 2.45) is 4.99 Å². The number of halogens is 1. The zero-order valence-electron chi connectivity index (χ0n) is 18.6. The lowest BCUT2D eigenvalue weighted by Crippen LogP contribution is -2.47. The van der Waals surface area contributed by atoms with Gasteiger partial charge < -0.3 is 24.6 Å². The van der Waals surface area contributed by atoms with Crippen LogP contribution in [0.2, 0.25) is 0 Å². The lowest BCUT2D eigenvalue weighted by molar-refractivity contribution is -0.0721. The van der Waals surface area contributed by atoms with E-state index in [4.69, 9.17) is 14.5 Å². The SMILES string of the molecule is CCNC(=NCCN(C)c1ccccc1)N1CCC(OCC2CCCCO2)CC1.I. The summed E-state index contributed by atoms with van der Waals surface area (Å²) in [4.78, 5) is 9.50. The van der Waals surface area contributed by atoms with Crippen LogP contribution in [-0.2, 0) is 9.47 Å². The van der Waals surface area contributed by atoms with Gasteiger partial charge in [0.1, 0.15) is 0 Å². The van der Waals surface area contributed by atoms with Crippen molar-refractivity contribution in [2.75, 3.05) is 57.9 Å². The molecule has 0 aliphatic carbocycles. The molecule has 1 aromatic carbocycles. The quantitative estimate of drug-likeness (QED) is 0.315. The predicted octanol–water partition coefficient (Wildman–Crippen LogP) is 3.76. The predicted molar refractivity (Wildman–Crippen MR) is 135 cm³/mol. The van der Waals surface area contributed by atoms with Gasteiger partial charge in [-0.1, -0.05) is 18.2 Å². The molecule has 6 nitrogen and oxygen atoms in total. The molecule has 7 heteroatoms. The zero-order chi connectivity index (χ0) is 20.3. The van der Waals surface area contributed by atoms with Gasteiger partial charge in [-0.05, 0) is 51.2 Å². The van der Waals surface area contributed by atoms with Crippen LogP contribution in [0, 0.1) is 0 Å². The highest BCUT2D eigenvalue weighted by atomic mass is 127. The number of benzene rings is 1. The third-order valence-electron chi connectivity index (χ3n) is 5.76. The summed E-state index contributed by atoms with van der Waals surface area (Å²) in [6.07, 6.45) is 6.39. The van der Waals surface area contributed by atoms with E-state index in [2.05, 4.69) is 53.4 Å². The Labute approximate surface area is 199 Å². The van der Waals surface area contributed by atoms with Gasteiger partial charge in [-0.15, -0.1) is 24.0 Å². The maximum atomic E-state index is 6.15. The fraction of sp³-hybridized carbons (Fsp3) is 0.696. The first-order valence-electron chi connectivity index (χ1n) is 11.3. The Kier molecular flexibility index (Phi) is 11.8. The second-order valence-corrected chi connectivity index (χ2v) is 8.00. The third kappa shape index (κ3) is 8.23. The van der Waals surface area contributed by atoms with E-state index in [0.29, 0.717) is 12.2 Å². The van der Waals surface area contributed by atoms with E-state index in [-0.39, 0.29) is 24.0 Å². The molecule has 1 unspecified atom stereocenters. The minimum absolute atomic E-state index is 0. The number of nitrogens with one attached hydrogen (secondary N) is 1. The molecule has 0 aromatic heterocycles. The molecule has 0 radical (unpaired) electrons. The summed E-state index contributed by atoms with van der Waals surface area (Å²) in [5, 5.41) is 3.46. The van der Waals surface area contributed by atoms with Crippen molar-refractivity contribution in [2.45, 2.75) is 51.2 Å². The average Bonchev–Trinajstić information content (AvgIpc) is 2.79. The second-order valence-electron chi connectivity index (χ2n) is 8.00. The first kappa shape index (κ1) is 25.2. The van der Waals surface area contributed by atoms with E-state index in [1.54, 1.807) is 0 Å². The molecule has 2 heterocycles. The minimum Gasteiger partial charge on any atom is -0.376 e. The average molecular weight is 530 g/mol. The van der Waals surface area contributed by atoms with E-state index in [0.717, 1.165) is 71.2 Å². The van der Waals surface area contributed by atoms with Crippen LogP contribution in [0.5, 0.6) is 0 Å². The highest BCUT2D eigenvalue weighted by molar-refractivity contribution is 14.0. The highest BCUT2D eigenvalue weighted by Crippen LogP contribution is 2.18. The van der Waals surface area contributed by atoms with Gasteiger partial charge in [-0.25, -0.2) is 0 Å². The lowest BCUT2D eigenvalue weighted by atomic mass is 10.1. The van der Waals surface area contributed by atoms with Crippen molar-refractivity contribution < 1.29 is 9.47 Å². The van der Waals surface area contributed by atoms with E-state index in [1.807, 2.05) is 6.07 Å². The molecule has 3 rings (SSSR count). The molecule has 0 spiro atoms. The number of hydrogen-bond donors (Lipinski definition) is 1. The Morgan fingerprint density at radius 1 is 1.20 bits per heavy atom. The van der Waals surface area contributed by atoms with Crippen molar-refractivity contribution in [1.29, 1.82) is 0 Å². The molecular formula is C23H39IN4O2. The molecule has 1 atom stereocenters. The Balaban J connectivity index is 0.00000320. The van der Waals surface area contributed by atoms with E-state index in [9.17, 15) is 0 Å². The molecule has 2 aliphatic heterocycles. The fourth-order valence-electron chi connectivity index (χ4n) is 3.96. The number of anilines is 1. The molecular weight excluding hydrogens is 491 g/mol. The minimum atomic E-state index is 0. The highest BCUT2D eigenvalue weighted by Gasteiger charge is 2.23. The van der Waals surface area contributed by atoms with Gasteiger partial charge in [0.15, 0.2) is 5.96 Å². The van der Waals surface area contributed by atoms with Crippen LogP contribution in [0.4, 0.5) is 5.69 Å². The zero-order valence-corrected chi connectivity index (χ0v) is 20.9. The van der Waals surface area contributed by atoms with Crippen LogP contribution >= 0.6 is 24.0 Å². The molecule has 1 aromatic rings. The van der Waals surface area contributed by atoms with Crippen LogP contribution in [0.1, 0.15) is 39.0 Å². The van der Waals surface area contributed by atoms with Crippen molar-refractivity contribution in [1.82, 2.24) is 10.2 Å². The van der Waals surface area contributed by atoms with Gasteiger partial charge in [-0.2, -0.15) is 0 Å². The Morgan fingerprint density at radius 2 is 1.97 bits per heavy atom. The standard InChI is InChI=1S/C23H38N4O2.HI/c1-3-24-23(25-14-17-26(2)20-9-5-4-6-10-20)27-15-12-21(13-16-27)29-19-22-11-7-8-18-28-22;/h4-6,9-10,21-22H,3,7-8,11-19H2,1-2H3,(H,24,25);1H. The summed E-state index contributed by atoms with van der Waals surface area (Å²) in [7, 11) is 2.12. The van der Waals surface area contributed by atoms with Gasteiger partial charge in [-0.3, -0.25) is 4.99 Å². The van der Waals surface area contributed by atoms with Gasteiger partial charge in [0.2, 0.25) is 0 Å². The summed E-state index contributed by atoms with van der Waals surface area (Å²) in [6, 6.07) is 10.5. The molecule has 0 saturated carbocycles. The monoisotopic (exact) mass is 530 g/mol. The van der Waals surface area contributed by atoms with E-state index >= 15 is 0 Å². The number of likely N-dealkylation sites (tertiary alicyclic amines) is 1. The number of piperidine rings is 1. The molecule has 30 heavy (non-hydrogen) atoms. The van der Waals surface area contributed by atoms with Crippen molar-refractivity contribution >= 4 is 35.6 Å². The van der Waals surface area contributed by atoms with Crippen LogP contribution in [-0.4, -0.2) is 76.1 Å². The van der Waals surface area contributed by atoms with E-state index < -0.39 is 0 Å². The Hall–Kier alpha value is -1.06. The summed E-state index contributed by atoms with van der Waals surface area (Å²) >= 11 is 0. The first-order valence-corrected chi connectivity index (χ1v) is 11.3. The molecule has 0 bridgehead atoms. The number of nitrogens with zero attached hydrogens (tertiary/aromatic N) is 3. The summed E-state index contributed by atoms with van der Waals surface area (Å²) in [5.41, 5.74) is 1.23. The Bertz CT molecular complexity index is 602. The number of ether oxygens (including phenoxy) is 2. The topological polar surface area (TPSA) is 49.3 Å². The third-order valence-corrected chi connectivity index (χ3v) is 5.76. The van der Waals surface area contributed by atoms with E-state index in [1.165, 1.54) is 18.5 Å². The number of guanidine groups is 1. The van der Waals surface area contributed by atoms with Gasteiger partial charge in [0.25, 0.3) is 0 Å². The van der Waals surface area contributed by atoms with Crippen LogP contribution in [0.3, 0.4) is 0 Å². The van der Waals surface area contributed by atoms with Crippen LogP contribution < -0.4 is 10.2 Å². The van der Waals surface area contributed by atoms with Crippen molar-refractivity contribution in [3.8, 4) is 0 Å². The largest absolute Gasteiger partial charge is 0.376 e. The molecule has 170 valence electrons. The first-order chi connectivity index (χ1) is 14.3. The van der Waals surface area contributed by atoms with Crippen LogP contribution in [0.25, 0.3) is 0 Å². The molecule has 1 N–H and O–H groups in total. The molecule has 2 aliphatic rings. The lowest BCUT2D eigenvalue weighted by Gasteiger charge is -2.35. The summed E-state index contributed by atoms with van der Waals surface area (Å²) in [5.74, 6) is 1.03.